The van der Waals surface area contributed by atoms with Crippen molar-refractivity contribution in [2.45, 2.75) is 150 Å². The third-order valence-corrected chi connectivity index (χ3v) is 14.0. The van der Waals surface area contributed by atoms with Crippen molar-refractivity contribution in [3.8, 4) is 0 Å². The second kappa shape index (κ2) is 7.71. The van der Waals surface area contributed by atoms with Gasteiger partial charge in [-0.2, -0.15) is 0 Å². The molecule has 0 aliphatic carbocycles. The smallest absolute Gasteiger partial charge is 0.0647 e. The van der Waals surface area contributed by atoms with Crippen molar-refractivity contribution in [2.75, 3.05) is 0 Å². The Morgan fingerprint density at radius 3 is 0.406 bits per heavy atom. The van der Waals surface area contributed by atoms with E-state index in [0.717, 1.165) is 0 Å². The highest BCUT2D eigenvalue weighted by Gasteiger charge is 2.67. The molecule has 0 aliphatic rings. The molecule has 0 spiro atoms. The van der Waals surface area contributed by atoms with Gasteiger partial charge in [0, 0.05) is 0 Å². The molecule has 2 nitrogen and oxygen atoms in total. The molecule has 0 aromatic carbocycles. The van der Waals surface area contributed by atoms with Crippen LogP contribution in [-0.2, 0) is 0 Å². The van der Waals surface area contributed by atoms with Gasteiger partial charge in [0.25, 0.3) is 0 Å². The summed E-state index contributed by atoms with van der Waals surface area (Å²) in [6.07, 6.45) is 0. The summed E-state index contributed by atoms with van der Waals surface area (Å²) in [5.74, 6) is 0. The van der Waals surface area contributed by atoms with Crippen LogP contribution in [0.1, 0.15) is 138 Å². The van der Waals surface area contributed by atoms with Crippen LogP contribution in [-0.4, -0.2) is 21.4 Å². The summed E-state index contributed by atoms with van der Waals surface area (Å²) in [6.45, 7) is 45.2. The van der Waals surface area contributed by atoms with Gasteiger partial charge in [0.15, 0.2) is 0 Å². The van der Waals surface area contributed by atoms with Crippen LogP contribution in [0.15, 0.2) is 0 Å². The Bertz CT molecular complexity index is 609. The molecule has 0 saturated heterocycles. The Morgan fingerprint density at radius 1 is 0.219 bits per heavy atom. The zero-order valence-corrected chi connectivity index (χ0v) is 25.9. The molecule has 0 bridgehead atoms. The van der Waals surface area contributed by atoms with E-state index < -0.39 is 11.2 Å². The van der Waals surface area contributed by atoms with E-state index in [2.05, 4.69) is 111 Å². The topological polar surface area (TPSA) is 40.5 Å². The molecule has 2 N–H and O–H groups in total. The van der Waals surface area contributed by atoms with Gasteiger partial charge in [0.05, 0.1) is 11.2 Å². The van der Waals surface area contributed by atoms with Gasteiger partial charge in [-0.3, -0.25) is 0 Å². The fraction of sp³-hybridized carbons (Fsp3) is 1.00. The van der Waals surface area contributed by atoms with E-state index >= 15 is 0 Å². The molecule has 0 aromatic heterocycles. The van der Waals surface area contributed by atoms with E-state index in [1.807, 2.05) is 27.7 Å². The minimum atomic E-state index is -0.814. The minimum absolute atomic E-state index is 0.109. The molecule has 0 unspecified atom stereocenters. The lowest BCUT2D eigenvalue weighted by atomic mass is 9.34. The van der Waals surface area contributed by atoms with Crippen LogP contribution < -0.4 is 0 Å². The minimum Gasteiger partial charge on any atom is -0.390 e. The second-order valence-electron chi connectivity index (χ2n) is 16.1. The summed E-state index contributed by atoms with van der Waals surface area (Å²) in [7, 11) is 0. The molecule has 0 atom stereocenters. The van der Waals surface area contributed by atoms with Crippen molar-refractivity contribution in [1.82, 2.24) is 0 Å². The van der Waals surface area contributed by atoms with Crippen LogP contribution >= 0.6 is 0 Å². The van der Waals surface area contributed by atoms with Crippen molar-refractivity contribution in [3.05, 3.63) is 0 Å². The standard InChI is InChI=1S/C30H62O2/c1-21(2,23(5,6)25(9,10)27(13,14)29(17,18)31)22(3,4)24(7,8)26(11,12)28(15,16)30(19,20)32/h31-32H,1-20H3. The first-order chi connectivity index (χ1) is 13.2. The Labute approximate surface area is 203 Å². The first-order valence-electron chi connectivity index (χ1n) is 12.7. The summed E-state index contributed by atoms with van der Waals surface area (Å²) in [5, 5.41) is 22.3. The lowest BCUT2D eigenvalue weighted by Crippen LogP contribution is -2.66. The molecular formula is C30H62O2. The molecular weight excluding hydrogens is 392 g/mol. The third-order valence-electron chi connectivity index (χ3n) is 14.0. The zero-order valence-electron chi connectivity index (χ0n) is 25.9. The van der Waals surface area contributed by atoms with Crippen molar-refractivity contribution >= 4 is 0 Å². The van der Waals surface area contributed by atoms with E-state index in [4.69, 9.17) is 0 Å². The van der Waals surface area contributed by atoms with Crippen molar-refractivity contribution in [2.24, 2.45) is 43.3 Å². The molecule has 0 aliphatic heterocycles. The van der Waals surface area contributed by atoms with E-state index in [0.29, 0.717) is 0 Å². The lowest BCUT2D eigenvalue weighted by Gasteiger charge is -2.71. The molecule has 2 heteroatoms. The highest BCUT2D eigenvalue weighted by Crippen LogP contribution is 2.72. The van der Waals surface area contributed by atoms with Gasteiger partial charge >= 0.3 is 0 Å². The van der Waals surface area contributed by atoms with Gasteiger partial charge in [0.2, 0.25) is 0 Å². The second-order valence-corrected chi connectivity index (χ2v) is 16.1. The van der Waals surface area contributed by atoms with Crippen LogP contribution in [0.25, 0.3) is 0 Å². The number of aliphatic hydroxyl groups is 2. The molecule has 0 radical (unpaired) electrons. The van der Waals surface area contributed by atoms with Crippen LogP contribution in [0.2, 0.25) is 0 Å². The molecule has 0 aromatic rings. The quantitative estimate of drug-likeness (QED) is 0.365. The number of hydrogen-bond donors (Lipinski definition) is 2. The molecule has 0 fully saturated rings. The highest BCUT2D eigenvalue weighted by molar-refractivity contribution is 5.16. The predicted octanol–water partition coefficient (Wildman–Crippen LogP) is 8.74. The van der Waals surface area contributed by atoms with Gasteiger partial charge in [0.1, 0.15) is 0 Å². The van der Waals surface area contributed by atoms with Gasteiger partial charge in [-0.05, 0) is 71.0 Å². The van der Waals surface area contributed by atoms with Crippen molar-refractivity contribution in [3.63, 3.8) is 0 Å². The molecule has 0 saturated carbocycles. The van der Waals surface area contributed by atoms with Crippen LogP contribution in [0.4, 0.5) is 0 Å². The monoisotopic (exact) mass is 454 g/mol. The fourth-order valence-electron chi connectivity index (χ4n) is 6.22. The Balaban J connectivity index is 7.00. The molecule has 194 valence electrons. The summed E-state index contributed by atoms with van der Waals surface area (Å²) in [6, 6.07) is 0. The summed E-state index contributed by atoms with van der Waals surface area (Å²) in [4.78, 5) is 0. The molecule has 0 heterocycles. The number of hydrogen-bond acceptors (Lipinski definition) is 2. The Hall–Kier alpha value is -0.0800. The first-order valence-corrected chi connectivity index (χ1v) is 12.7. The van der Waals surface area contributed by atoms with E-state index in [-0.39, 0.29) is 43.3 Å². The van der Waals surface area contributed by atoms with Crippen molar-refractivity contribution in [1.29, 1.82) is 0 Å². The summed E-state index contributed by atoms with van der Waals surface area (Å²) < 4.78 is 0. The summed E-state index contributed by atoms with van der Waals surface area (Å²) >= 11 is 0. The zero-order chi connectivity index (χ0) is 27.0. The van der Waals surface area contributed by atoms with E-state index in [9.17, 15) is 10.2 Å². The third kappa shape index (κ3) is 3.82. The van der Waals surface area contributed by atoms with Gasteiger partial charge in [-0.1, -0.05) is 111 Å². The van der Waals surface area contributed by atoms with Crippen LogP contribution in [0.3, 0.4) is 0 Å². The normalized spacial score (nSPS) is 17.1. The Morgan fingerprint density at radius 2 is 0.312 bits per heavy atom. The maximum absolute atomic E-state index is 11.2. The Kier molecular flexibility index (Phi) is 7.69. The van der Waals surface area contributed by atoms with Gasteiger partial charge in [-0.15, -0.1) is 0 Å². The van der Waals surface area contributed by atoms with Crippen LogP contribution in [0, 0.1) is 43.3 Å². The van der Waals surface area contributed by atoms with E-state index in [1.165, 1.54) is 0 Å². The lowest BCUT2D eigenvalue weighted by molar-refractivity contribution is -0.244. The van der Waals surface area contributed by atoms with Crippen LogP contribution in [0.5, 0.6) is 0 Å². The maximum Gasteiger partial charge on any atom is 0.0647 e. The van der Waals surface area contributed by atoms with Gasteiger partial charge < -0.3 is 10.2 Å². The van der Waals surface area contributed by atoms with Crippen molar-refractivity contribution < 1.29 is 10.2 Å². The average molecular weight is 455 g/mol. The number of rotatable bonds is 9. The first kappa shape index (κ1) is 31.9. The molecule has 0 amide bonds. The average Bonchev–Trinajstić information content (AvgIpc) is 2.51. The van der Waals surface area contributed by atoms with E-state index in [1.54, 1.807) is 0 Å². The van der Waals surface area contributed by atoms with Gasteiger partial charge in [-0.25, -0.2) is 0 Å². The molecule has 0 rings (SSSR count). The summed E-state index contributed by atoms with van der Waals surface area (Å²) in [5.41, 5.74) is -3.08. The SMILES string of the molecule is CC(C)(O)C(C)(C)C(C)(C)C(C)(C)C(C)(C)C(C)(C)C(C)(C)C(C)(C)C(C)(C)C(C)(C)O. The largest absolute Gasteiger partial charge is 0.390 e. The maximum atomic E-state index is 11.2. The fourth-order valence-corrected chi connectivity index (χ4v) is 6.22. The predicted molar refractivity (Wildman–Crippen MR) is 143 cm³/mol. The highest BCUT2D eigenvalue weighted by atomic mass is 16.3. The molecule has 32 heavy (non-hydrogen) atoms.